The van der Waals surface area contributed by atoms with Gasteiger partial charge in [-0.3, -0.25) is 4.68 Å². The number of phenols is 1. The van der Waals surface area contributed by atoms with E-state index in [1.165, 1.54) is 28.9 Å². The van der Waals surface area contributed by atoms with Gasteiger partial charge >= 0.3 is 6.18 Å². The zero-order valence-electron chi connectivity index (χ0n) is 11.1. The van der Waals surface area contributed by atoms with Crippen molar-refractivity contribution in [1.82, 2.24) is 9.78 Å². The standard InChI is InChI=1S/C14H12F3N3O/c1-9(6-7-18)20-12(8-13(19-20)14(15,16)17)10-2-4-11(21)5-3-10/h2-5,8-9,21H,6H2,1H3. The molecular formula is C14H12F3N3O. The molecule has 0 spiro atoms. The Balaban J connectivity index is 2.54. The lowest BCUT2D eigenvalue weighted by Crippen LogP contribution is -2.11. The molecule has 1 heterocycles. The summed E-state index contributed by atoms with van der Waals surface area (Å²) in [6.07, 6.45) is -4.51. The van der Waals surface area contributed by atoms with Crippen LogP contribution in [-0.2, 0) is 6.18 Å². The summed E-state index contributed by atoms with van der Waals surface area (Å²) in [7, 11) is 0. The predicted octanol–water partition coefficient (Wildman–Crippen LogP) is 3.75. The van der Waals surface area contributed by atoms with Gasteiger partial charge in [-0.25, -0.2) is 0 Å². The highest BCUT2D eigenvalue weighted by atomic mass is 19.4. The molecule has 0 bridgehead atoms. The van der Waals surface area contributed by atoms with Gasteiger partial charge in [-0.15, -0.1) is 0 Å². The fourth-order valence-corrected chi connectivity index (χ4v) is 1.94. The molecule has 1 atom stereocenters. The van der Waals surface area contributed by atoms with Gasteiger partial charge in [0.05, 0.1) is 24.2 Å². The minimum atomic E-state index is -4.55. The summed E-state index contributed by atoms with van der Waals surface area (Å²) in [6, 6.07) is 8.15. The van der Waals surface area contributed by atoms with Gasteiger partial charge in [0.25, 0.3) is 0 Å². The van der Waals surface area contributed by atoms with Crippen LogP contribution in [-0.4, -0.2) is 14.9 Å². The van der Waals surface area contributed by atoms with E-state index in [1.807, 2.05) is 6.07 Å². The van der Waals surface area contributed by atoms with Crippen molar-refractivity contribution in [2.24, 2.45) is 0 Å². The molecule has 0 aliphatic heterocycles. The van der Waals surface area contributed by atoms with Crippen LogP contribution < -0.4 is 0 Å². The summed E-state index contributed by atoms with van der Waals surface area (Å²) in [5.74, 6) is 0.0194. The lowest BCUT2D eigenvalue weighted by molar-refractivity contribution is -0.141. The average Bonchev–Trinajstić information content (AvgIpc) is 2.85. The Morgan fingerprint density at radius 2 is 1.95 bits per heavy atom. The topological polar surface area (TPSA) is 61.8 Å². The fraction of sp³-hybridized carbons (Fsp3) is 0.286. The lowest BCUT2D eigenvalue weighted by Gasteiger charge is -2.12. The zero-order valence-corrected chi connectivity index (χ0v) is 11.1. The van der Waals surface area contributed by atoms with Crippen molar-refractivity contribution in [1.29, 1.82) is 5.26 Å². The van der Waals surface area contributed by atoms with Crippen LogP contribution in [0.2, 0.25) is 0 Å². The summed E-state index contributed by atoms with van der Waals surface area (Å²) in [5.41, 5.74) is -0.263. The number of halogens is 3. The molecule has 0 aliphatic carbocycles. The third-order valence-corrected chi connectivity index (χ3v) is 2.99. The summed E-state index contributed by atoms with van der Waals surface area (Å²) in [6.45, 7) is 1.63. The van der Waals surface area contributed by atoms with Gasteiger partial charge in [0.15, 0.2) is 5.69 Å². The van der Waals surface area contributed by atoms with Crippen LogP contribution in [0.3, 0.4) is 0 Å². The van der Waals surface area contributed by atoms with Crippen molar-refractivity contribution < 1.29 is 18.3 Å². The molecule has 7 heteroatoms. The van der Waals surface area contributed by atoms with E-state index in [9.17, 15) is 18.3 Å². The third kappa shape index (κ3) is 3.16. The van der Waals surface area contributed by atoms with E-state index in [1.54, 1.807) is 6.92 Å². The first-order chi connectivity index (χ1) is 9.82. The van der Waals surface area contributed by atoms with Crippen molar-refractivity contribution in [3.63, 3.8) is 0 Å². The Kier molecular flexibility index (Phi) is 3.89. The van der Waals surface area contributed by atoms with Crippen LogP contribution in [0.5, 0.6) is 5.75 Å². The van der Waals surface area contributed by atoms with Crippen molar-refractivity contribution in [2.75, 3.05) is 0 Å². The Hall–Kier alpha value is -2.49. The van der Waals surface area contributed by atoms with Crippen molar-refractivity contribution in [3.05, 3.63) is 36.0 Å². The summed E-state index contributed by atoms with van der Waals surface area (Å²) in [4.78, 5) is 0. The highest BCUT2D eigenvalue weighted by Gasteiger charge is 2.35. The first-order valence-electron chi connectivity index (χ1n) is 6.16. The van der Waals surface area contributed by atoms with Gasteiger partial charge in [0.1, 0.15) is 5.75 Å². The molecule has 0 fully saturated rings. The zero-order chi connectivity index (χ0) is 15.6. The number of nitriles is 1. The molecule has 2 rings (SSSR count). The van der Waals surface area contributed by atoms with E-state index >= 15 is 0 Å². The van der Waals surface area contributed by atoms with Crippen molar-refractivity contribution in [2.45, 2.75) is 25.6 Å². The van der Waals surface area contributed by atoms with Gasteiger partial charge in [-0.05, 0) is 37.3 Å². The van der Waals surface area contributed by atoms with E-state index in [0.717, 1.165) is 6.07 Å². The molecule has 1 N–H and O–H groups in total. The lowest BCUT2D eigenvalue weighted by atomic mass is 10.1. The molecule has 110 valence electrons. The number of phenolic OH excluding ortho intramolecular Hbond substituents is 1. The maximum atomic E-state index is 12.8. The van der Waals surface area contributed by atoms with E-state index in [-0.39, 0.29) is 17.9 Å². The second-order valence-corrected chi connectivity index (χ2v) is 4.62. The highest BCUT2D eigenvalue weighted by Crippen LogP contribution is 2.33. The molecule has 0 radical (unpaired) electrons. The van der Waals surface area contributed by atoms with Crippen LogP contribution in [0.25, 0.3) is 11.3 Å². The molecule has 0 aliphatic rings. The number of rotatable bonds is 3. The molecule has 1 unspecified atom stereocenters. The molecule has 4 nitrogen and oxygen atoms in total. The molecule has 2 aromatic rings. The number of hydrogen-bond acceptors (Lipinski definition) is 3. The molecule has 21 heavy (non-hydrogen) atoms. The number of nitrogens with zero attached hydrogens (tertiary/aromatic N) is 3. The van der Waals surface area contributed by atoms with E-state index in [0.29, 0.717) is 5.56 Å². The smallest absolute Gasteiger partial charge is 0.435 e. The monoisotopic (exact) mass is 295 g/mol. The quantitative estimate of drug-likeness (QED) is 0.938. The molecule has 0 amide bonds. The molecule has 0 saturated carbocycles. The summed E-state index contributed by atoms with van der Waals surface area (Å²) in [5, 5.41) is 21.5. The van der Waals surface area contributed by atoms with Gasteiger partial charge in [0.2, 0.25) is 0 Å². The minimum absolute atomic E-state index is 0.0194. The largest absolute Gasteiger partial charge is 0.508 e. The maximum Gasteiger partial charge on any atom is 0.435 e. The van der Waals surface area contributed by atoms with E-state index in [4.69, 9.17) is 5.26 Å². The van der Waals surface area contributed by atoms with E-state index in [2.05, 4.69) is 5.10 Å². The second-order valence-electron chi connectivity index (χ2n) is 4.62. The van der Waals surface area contributed by atoms with Crippen LogP contribution in [0.15, 0.2) is 30.3 Å². The highest BCUT2D eigenvalue weighted by molar-refractivity contribution is 5.61. The number of hydrogen-bond donors (Lipinski definition) is 1. The molecule has 1 aromatic heterocycles. The van der Waals surface area contributed by atoms with Gasteiger partial charge in [0, 0.05) is 5.56 Å². The first-order valence-corrected chi connectivity index (χ1v) is 6.16. The summed E-state index contributed by atoms with van der Waals surface area (Å²) < 4.78 is 39.7. The number of aromatic nitrogens is 2. The van der Waals surface area contributed by atoms with Gasteiger partial charge in [-0.2, -0.15) is 23.5 Å². The normalized spacial score (nSPS) is 12.9. The van der Waals surface area contributed by atoms with Crippen LogP contribution in [0.4, 0.5) is 13.2 Å². The maximum absolute atomic E-state index is 12.8. The van der Waals surface area contributed by atoms with E-state index < -0.39 is 17.9 Å². The predicted molar refractivity (Wildman–Crippen MR) is 69.3 cm³/mol. The van der Waals surface area contributed by atoms with Crippen LogP contribution >= 0.6 is 0 Å². The Morgan fingerprint density at radius 1 is 1.33 bits per heavy atom. The molecule has 0 saturated heterocycles. The van der Waals surface area contributed by atoms with Crippen molar-refractivity contribution in [3.8, 4) is 23.1 Å². The van der Waals surface area contributed by atoms with Crippen LogP contribution in [0.1, 0.15) is 25.1 Å². The average molecular weight is 295 g/mol. The fourth-order valence-electron chi connectivity index (χ4n) is 1.94. The van der Waals surface area contributed by atoms with Gasteiger partial charge < -0.3 is 5.11 Å². The molecule has 1 aromatic carbocycles. The molecular weight excluding hydrogens is 283 g/mol. The Bertz CT molecular complexity index is 668. The SMILES string of the molecule is CC(CC#N)n1nc(C(F)(F)F)cc1-c1ccc(O)cc1. The second kappa shape index (κ2) is 5.48. The first kappa shape index (κ1) is 14.9. The third-order valence-electron chi connectivity index (χ3n) is 2.99. The number of alkyl halides is 3. The Morgan fingerprint density at radius 3 is 2.48 bits per heavy atom. The number of benzene rings is 1. The Labute approximate surface area is 119 Å². The van der Waals surface area contributed by atoms with Crippen molar-refractivity contribution >= 4 is 0 Å². The van der Waals surface area contributed by atoms with Gasteiger partial charge in [-0.1, -0.05) is 0 Å². The number of aromatic hydroxyl groups is 1. The van der Waals surface area contributed by atoms with Crippen LogP contribution in [0, 0.1) is 11.3 Å². The summed E-state index contributed by atoms with van der Waals surface area (Å²) >= 11 is 0. The minimum Gasteiger partial charge on any atom is -0.508 e.